The first kappa shape index (κ1) is 16.3. The number of nitrogens with one attached hydrogen (secondary N) is 1. The van der Waals surface area contributed by atoms with Crippen molar-refractivity contribution < 1.29 is 4.92 Å². The SMILES string of the molecule is O=[N+]([O-])C=C1NC/C(=C\c2ccccc2)N1CC#Cc1ccccc1. The van der Waals surface area contributed by atoms with Crippen molar-refractivity contribution in [2.45, 2.75) is 0 Å². The Balaban J connectivity index is 1.85. The van der Waals surface area contributed by atoms with E-state index in [1.54, 1.807) is 0 Å². The van der Waals surface area contributed by atoms with E-state index in [1.807, 2.05) is 71.6 Å². The van der Waals surface area contributed by atoms with Gasteiger partial charge in [0.25, 0.3) is 6.20 Å². The molecule has 1 N–H and O–H groups in total. The second-order valence-corrected chi connectivity index (χ2v) is 5.45. The Morgan fingerprint density at radius 1 is 1.12 bits per heavy atom. The highest BCUT2D eigenvalue weighted by molar-refractivity contribution is 5.54. The van der Waals surface area contributed by atoms with Gasteiger partial charge in [0.2, 0.25) is 0 Å². The Hall–Kier alpha value is -3.52. The molecular formula is C20H17N3O2. The summed E-state index contributed by atoms with van der Waals surface area (Å²) in [6.07, 6.45) is 2.99. The topological polar surface area (TPSA) is 58.4 Å². The van der Waals surface area contributed by atoms with Gasteiger partial charge in [0.05, 0.1) is 18.0 Å². The first-order chi connectivity index (χ1) is 12.2. The minimum absolute atomic E-state index is 0.375. The fraction of sp³-hybridized carbons (Fsp3) is 0.100. The van der Waals surface area contributed by atoms with Crippen LogP contribution in [-0.2, 0) is 0 Å². The van der Waals surface area contributed by atoms with Crippen LogP contribution in [0.15, 0.2) is 78.4 Å². The molecule has 0 bridgehead atoms. The summed E-state index contributed by atoms with van der Waals surface area (Å²) in [5.74, 6) is 6.63. The van der Waals surface area contributed by atoms with Gasteiger partial charge >= 0.3 is 0 Å². The summed E-state index contributed by atoms with van der Waals surface area (Å²) in [5.41, 5.74) is 2.91. The molecule has 1 heterocycles. The van der Waals surface area contributed by atoms with Gasteiger partial charge in [-0.3, -0.25) is 10.1 Å². The lowest BCUT2D eigenvalue weighted by atomic mass is 10.2. The molecule has 5 heteroatoms. The van der Waals surface area contributed by atoms with Crippen molar-refractivity contribution in [2.24, 2.45) is 0 Å². The van der Waals surface area contributed by atoms with Crippen molar-refractivity contribution in [1.29, 1.82) is 0 Å². The fourth-order valence-electron chi connectivity index (χ4n) is 2.54. The minimum Gasteiger partial charge on any atom is -0.361 e. The normalized spacial score (nSPS) is 16.4. The van der Waals surface area contributed by atoms with Crippen molar-refractivity contribution in [3.63, 3.8) is 0 Å². The highest BCUT2D eigenvalue weighted by Gasteiger charge is 2.23. The summed E-state index contributed by atoms with van der Waals surface area (Å²) in [7, 11) is 0. The molecule has 1 aliphatic rings. The van der Waals surface area contributed by atoms with Gasteiger partial charge in [-0.2, -0.15) is 0 Å². The molecule has 2 aromatic carbocycles. The number of nitrogens with zero attached hydrogens (tertiary/aromatic N) is 2. The summed E-state index contributed by atoms with van der Waals surface area (Å²) < 4.78 is 0. The van der Waals surface area contributed by atoms with E-state index in [4.69, 9.17) is 0 Å². The molecule has 1 fully saturated rings. The van der Waals surface area contributed by atoms with Gasteiger partial charge in [0, 0.05) is 11.3 Å². The maximum absolute atomic E-state index is 10.9. The van der Waals surface area contributed by atoms with E-state index in [-0.39, 0.29) is 0 Å². The van der Waals surface area contributed by atoms with Gasteiger partial charge in [-0.25, -0.2) is 0 Å². The monoisotopic (exact) mass is 331 g/mol. The molecule has 0 aromatic heterocycles. The van der Waals surface area contributed by atoms with Crippen LogP contribution in [0.3, 0.4) is 0 Å². The van der Waals surface area contributed by atoms with E-state index in [0.717, 1.165) is 23.0 Å². The third-order valence-electron chi connectivity index (χ3n) is 3.69. The third-order valence-corrected chi connectivity index (χ3v) is 3.69. The summed E-state index contributed by atoms with van der Waals surface area (Å²) in [6, 6.07) is 19.5. The molecule has 0 aliphatic carbocycles. The quantitative estimate of drug-likeness (QED) is 0.533. The van der Waals surface area contributed by atoms with Crippen molar-refractivity contribution in [2.75, 3.05) is 13.1 Å². The highest BCUT2D eigenvalue weighted by atomic mass is 16.6. The van der Waals surface area contributed by atoms with Crippen LogP contribution in [0.25, 0.3) is 6.08 Å². The zero-order valence-electron chi connectivity index (χ0n) is 13.6. The number of rotatable bonds is 3. The molecule has 0 unspecified atom stereocenters. The summed E-state index contributed by atoms with van der Waals surface area (Å²) >= 11 is 0. The molecule has 0 spiro atoms. The predicted octanol–water partition coefficient (Wildman–Crippen LogP) is 3.06. The number of nitro groups is 1. The predicted molar refractivity (Wildman–Crippen MR) is 97.5 cm³/mol. The molecule has 0 atom stereocenters. The summed E-state index contributed by atoms with van der Waals surface area (Å²) in [4.78, 5) is 12.3. The minimum atomic E-state index is -0.453. The Morgan fingerprint density at radius 3 is 2.48 bits per heavy atom. The van der Waals surface area contributed by atoms with Gasteiger partial charge in [0.15, 0.2) is 5.82 Å². The van der Waals surface area contributed by atoms with E-state index < -0.39 is 4.92 Å². The lowest BCUT2D eigenvalue weighted by Crippen LogP contribution is -2.20. The summed E-state index contributed by atoms with van der Waals surface area (Å²) in [5, 5.41) is 13.9. The van der Waals surface area contributed by atoms with Gasteiger partial charge in [-0.15, -0.1) is 0 Å². The van der Waals surface area contributed by atoms with Crippen LogP contribution < -0.4 is 5.32 Å². The van der Waals surface area contributed by atoms with Gasteiger partial charge in [-0.05, 0) is 23.8 Å². The first-order valence-corrected chi connectivity index (χ1v) is 7.88. The second kappa shape index (κ2) is 7.84. The first-order valence-electron chi connectivity index (χ1n) is 7.88. The van der Waals surface area contributed by atoms with Gasteiger partial charge in [0.1, 0.15) is 0 Å². The Morgan fingerprint density at radius 2 is 1.80 bits per heavy atom. The van der Waals surface area contributed by atoms with Crippen LogP contribution in [0.2, 0.25) is 0 Å². The zero-order chi connectivity index (χ0) is 17.5. The number of benzene rings is 2. The fourth-order valence-corrected chi connectivity index (χ4v) is 2.54. The Kier molecular flexibility index (Phi) is 5.13. The molecule has 25 heavy (non-hydrogen) atoms. The van der Waals surface area contributed by atoms with Crippen molar-refractivity contribution in [3.05, 3.63) is 99.6 Å². The van der Waals surface area contributed by atoms with Crippen LogP contribution >= 0.6 is 0 Å². The van der Waals surface area contributed by atoms with Crippen LogP contribution in [0.1, 0.15) is 11.1 Å². The van der Waals surface area contributed by atoms with Crippen molar-refractivity contribution in [3.8, 4) is 11.8 Å². The average Bonchev–Trinajstić information content (AvgIpc) is 2.98. The highest BCUT2D eigenvalue weighted by Crippen LogP contribution is 2.20. The largest absolute Gasteiger partial charge is 0.361 e. The Labute approximate surface area is 146 Å². The molecule has 124 valence electrons. The molecule has 0 amide bonds. The lowest BCUT2D eigenvalue weighted by molar-refractivity contribution is -0.404. The van der Waals surface area contributed by atoms with E-state index in [9.17, 15) is 10.1 Å². The third kappa shape index (κ3) is 4.49. The molecule has 5 nitrogen and oxygen atoms in total. The maximum atomic E-state index is 10.9. The number of hydrogen-bond donors (Lipinski definition) is 1. The van der Waals surface area contributed by atoms with E-state index in [2.05, 4.69) is 17.2 Å². The number of hydrogen-bond acceptors (Lipinski definition) is 4. The average molecular weight is 331 g/mol. The second-order valence-electron chi connectivity index (χ2n) is 5.45. The summed E-state index contributed by atoms with van der Waals surface area (Å²) in [6.45, 7) is 0.905. The van der Waals surface area contributed by atoms with Gasteiger partial charge in [-0.1, -0.05) is 60.4 Å². The molecule has 1 aliphatic heterocycles. The molecule has 3 rings (SSSR count). The van der Waals surface area contributed by atoms with Crippen molar-refractivity contribution in [1.82, 2.24) is 10.2 Å². The smallest absolute Gasteiger partial charge is 0.274 e. The lowest BCUT2D eigenvalue weighted by Gasteiger charge is -2.15. The molecule has 1 saturated heterocycles. The molecular weight excluding hydrogens is 314 g/mol. The standard InChI is InChI=1S/C20H17N3O2/c24-23(25)16-20-21-15-19(14-18-10-5-2-6-11-18)22(20)13-7-12-17-8-3-1-4-9-17/h1-6,8-11,14,16,21H,13,15H2/b19-14+,20-16?. The van der Waals surface area contributed by atoms with Crippen LogP contribution in [0.4, 0.5) is 0 Å². The van der Waals surface area contributed by atoms with E-state index in [0.29, 0.717) is 18.9 Å². The van der Waals surface area contributed by atoms with Crippen LogP contribution in [-0.4, -0.2) is 22.9 Å². The van der Waals surface area contributed by atoms with E-state index in [1.165, 1.54) is 0 Å². The van der Waals surface area contributed by atoms with Crippen LogP contribution in [0.5, 0.6) is 0 Å². The van der Waals surface area contributed by atoms with Crippen LogP contribution in [0, 0.1) is 22.0 Å². The maximum Gasteiger partial charge on any atom is 0.274 e. The Bertz CT molecular complexity index is 862. The molecule has 0 radical (unpaired) electrons. The zero-order valence-corrected chi connectivity index (χ0v) is 13.6. The van der Waals surface area contributed by atoms with Gasteiger partial charge < -0.3 is 10.2 Å². The molecule has 0 saturated carbocycles. The van der Waals surface area contributed by atoms with E-state index >= 15 is 0 Å². The van der Waals surface area contributed by atoms with Crippen molar-refractivity contribution >= 4 is 6.08 Å². The molecule has 2 aromatic rings.